The lowest BCUT2D eigenvalue weighted by Crippen LogP contribution is -2.52. The van der Waals surface area contributed by atoms with E-state index in [9.17, 15) is 19.4 Å². The molecule has 0 aromatic heterocycles. The van der Waals surface area contributed by atoms with Gasteiger partial charge in [-0.3, -0.25) is 4.79 Å². The molecular formula is C24H38FN3O3. The molecule has 1 aliphatic heterocycles. The van der Waals surface area contributed by atoms with Crippen molar-refractivity contribution < 1.29 is 19.4 Å². The third-order valence-corrected chi connectivity index (χ3v) is 5.55. The monoisotopic (exact) mass is 435 g/mol. The van der Waals surface area contributed by atoms with Gasteiger partial charge in [-0.2, -0.15) is 0 Å². The second-order valence-electron chi connectivity index (χ2n) is 8.24. The number of hydrogen-bond acceptors (Lipinski definition) is 5. The molecule has 2 atom stereocenters. The van der Waals surface area contributed by atoms with Crippen molar-refractivity contribution in [2.24, 2.45) is 0 Å². The number of unbranched alkanes of at least 4 members (excludes halogenated alkanes) is 10. The zero-order chi connectivity index (χ0) is 22.5. The van der Waals surface area contributed by atoms with Gasteiger partial charge < -0.3 is 20.4 Å². The molecule has 1 aromatic carbocycles. The number of nitrogens with one attached hydrogen (secondary N) is 2. The Morgan fingerprint density at radius 1 is 0.968 bits per heavy atom. The molecule has 6 nitrogen and oxygen atoms in total. The zero-order valence-electron chi connectivity index (χ0n) is 18.7. The number of aliphatic hydroxyl groups excluding tert-OH is 2. The number of aliphatic hydroxyl groups is 2. The Balaban J connectivity index is 1.59. The number of benzene rings is 1. The number of nitrogens with zero attached hydrogens (tertiary/aromatic N) is 1. The van der Waals surface area contributed by atoms with Gasteiger partial charge in [0.25, 0.3) is 0 Å². The van der Waals surface area contributed by atoms with Crippen LogP contribution >= 0.6 is 0 Å². The van der Waals surface area contributed by atoms with Crippen LogP contribution in [0, 0.1) is 0 Å². The lowest BCUT2D eigenvalue weighted by atomic mass is 10.1. The highest BCUT2D eigenvalue weighted by Gasteiger charge is 2.26. The van der Waals surface area contributed by atoms with Crippen LogP contribution in [-0.4, -0.2) is 28.7 Å². The average Bonchev–Trinajstić information content (AvgIpc) is 2.75. The molecule has 0 radical (unpaired) electrons. The molecule has 1 aliphatic rings. The standard InChI is InChI=1S/C24H38FN3O3/c1-2-3-4-5-6-7-8-9-10-11-12-13-22(29)26-19-14-16-20(17-15-19)28-18-21(25)23(30)27-24(28)31/h14-18,23-24,27,30-31H,2-13H2,1H3,(H,26,29). The van der Waals surface area contributed by atoms with Crippen molar-refractivity contribution in [3.05, 3.63) is 36.3 Å². The molecular weight excluding hydrogens is 397 g/mol. The van der Waals surface area contributed by atoms with Gasteiger partial charge >= 0.3 is 0 Å². The molecule has 0 saturated heterocycles. The fourth-order valence-corrected chi connectivity index (χ4v) is 3.68. The Bertz CT molecular complexity index is 681. The molecule has 0 aliphatic carbocycles. The summed E-state index contributed by atoms with van der Waals surface area (Å²) in [4.78, 5) is 13.4. The molecule has 0 saturated carbocycles. The number of carbonyl (C=O) groups excluding carboxylic acids is 1. The number of carbonyl (C=O) groups is 1. The lowest BCUT2D eigenvalue weighted by Gasteiger charge is -2.33. The van der Waals surface area contributed by atoms with Crippen molar-refractivity contribution in [2.45, 2.75) is 96.6 Å². The zero-order valence-corrected chi connectivity index (χ0v) is 18.7. The minimum atomic E-state index is -1.51. The molecule has 1 amide bonds. The van der Waals surface area contributed by atoms with E-state index < -0.39 is 18.4 Å². The first-order valence-electron chi connectivity index (χ1n) is 11.7. The molecule has 1 aromatic rings. The number of anilines is 2. The molecule has 2 rings (SSSR count). The van der Waals surface area contributed by atoms with Crippen molar-refractivity contribution in [2.75, 3.05) is 10.2 Å². The van der Waals surface area contributed by atoms with E-state index in [1.54, 1.807) is 24.3 Å². The van der Waals surface area contributed by atoms with Crippen molar-refractivity contribution in [1.29, 1.82) is 0 Å². The van der Waals surface area contributed by atoms with E-state index in [0.717, 1.165) is 19.0 Å². The van der Waals surface area contributed by atoms with Gasteiger partial charge in [0.1, 0.15) is 0 Å². The summed E-state index contributed by atoms with van der Waals surface area (Å²) in [6, 6.07) is 6.75. The topological polar surface area (TPSA) is 84.8 Å². The van der Waals surface area contributed by atoms with Gasteiger partial charge in [-0.05, 0) is 30.7 Å². The van der Waals surface area contributed by atoms with Crippen LogP contribution in [0.2, 0.25) is 0 Å². The quantitative estimate of drug-likeness (QED) is 0.304. The van der Waals surface area contributed by atoms with Crippen molar-refractivity contribution >= 4 is 17.3 Å². The van der Waals surface area contributed by atoms with E-state index in [2.05, 4.69) is 17.6 Å². The fourth-order valence-electron chi connectivity index (χ4n) is 3.68. The van der Waals surface area contributed by atoms with Gasteiger partial charge in [-0.15, -0.1) is 0 Å². The summed E-state index contributed by atoms with van der Waals surface area (Å²) in [6.45, 7) is 2.24. The van der Waals surface area contributed by atoms with Crippen molar-refractivity contribution in [1.82, 2.24) is 5.32 Å². The normalized spacial score (nSPS) is 18.7. The number of amides is 1. The number of rotatable bonds is 14. The maximum Gasteiger partial charge on any atom is 0.224 e. The molecule has 1 heterocycles. The Kier molecular flexibility index (Phi) is 11.6. The second kappa shape index (κ2) is 14.2. The maximum absolute atomic E-state index is 13.6. The highest BCUT2D eigenvalue weighted by atomic mass is 19.1. The van der Waals surface area contributed by atoms with E-state index in [-0.39, 0.29) is 5.91 Å². The summed E-state index contributed by atoms with van der Waals surface area (Å²) < 4.78 is 13.6. The Morgan fingerprint density at radius 3 is 2.10 bits per heavy atom. The van der Waals surface area contributed by atoms with Gasteiger partial charge in [-0.25, -0.2) is 9.71 Å². The Morgan fingerprint density at radius 2 is 1.52 bits per heavy atom. The SMILES string of the molecule is CCCCCCCCCCCCCC(=O)Nc1ccc(N2C=C(F)C(O)NC2O)cc1. The molecule has 4 N–H and O–H groups in total. The average molecular weight is 436 g/mol. The summed E-state index contributed by atoms with van der Waals surface area (Å²) in [5.74, 6) is -0.799. The molecule has 0 bridgehead atoms. The van der Waals surface area contributed by atoms with Gasteiger partial charge in [-0.1, -0.05) is 71.1 Å². The summed E-state index contributed by atoms with van der Waals surface area (Å²) in [5.41, 5.74) is 1.19. The third-order valence-electron chi connectivity index (χ3n) is 5.55. The van der Waals surface area contributed by atoms with Crippen LogP contribution in [0.5, 0.6) is 0 Å². The maximum atomic E-state index is 13.6. The first-order valence-corrected chi connectivity index (χ1v) is 11.7. The van der Waals surface area contributed by atoms with Crippen molar-refractivity contribution in [3.63, 3.8) is 0 Å². The lowest BCUT2D eigenvalue weighted by molar-refractivity contribution is -0.116. The Hall–Kier alpha value is -1.96. The fraction of sp³-hybridized carbons (Fsp3) is 0.625. The van der Waals surface area contributed by atoms with Gasteiger partial charge in [0.15, 0.2) is 18.4 Å². The summed E-state index contributed by atoms with van der Waals surface area (Å²) in [7, 11) is 0. The van der Waals surface area contributed by atoms with Crippen LogP contribution in [0.1, 0.15) is 84.0 Å². The van der Waals surface area contributed by atoms with Crippen LogP contribution in [0.3, 0.4) is 0 Å². The number of hydrogen-bond donors (Lipinski definition) is 4. The van der Waals surface area contributed by atoms with E-state index in [0.29, 0.717) is 17.8 Å². The predicted octanol–water partition coefficient (Wildman–Crippen LogP) is 5.14. The smallest absolute Gasteiger partial charge is 0.224 e. The summed E-state index contributed by atoms with van der Waals surface area (Å²) >= 11 is 0. The van der Waals surface area contributed by atoms with E-state index >= 15 is 0 Å². The van der Waals surface area contributed by atoms with Crippen LogP contribution in [0.25, 0.3) is 0 Å². The number of halogens is 1. The first kappa shape index (κ1) is 25.3. The molecule has 31 heavy (non-hydrogen) atoms. The van der Waals surface area contributed by atoms with Crippen LogP contribution in [0.4, 0.5) is 15.8 Å². The van der Waals surface area contributed by atoms with Crippen molar-refractivity contribution in [3.8, 4) is 0 Å². The molecule has 7 heteroatoms. The summed E-state index contributed by atoms with van der Waals surface area (Å²) in [6.07, 6.45) is 12.5. The van der Waals surface area contributed by atoms with Gasteiger partial charge in [0, 0.05) is 24.0 Å². The van der Waals surface area contributed by atoms with Crippen LogP contribution in [0.15, 0.2) is 36.3 Å². The predicted molar refractivity (Wildman–Crippen MR) is 123 cm³/mol. The van der Waals surface area contributed by atoms with Gasteiger partial charge in [0.2, 0.25) is 5.91 Å². The molecule has 174 valence electrons. The Labute approximate surface area is 185 Å². The van der Waals surface area contributed by atoms with E-state index in [1.807, 2.05) is 0 Å². The minimum Gasteiger partial charge on any atom is -0.372 e. The van der Waals surface area contributed by atoms with Crippen LogP contribution in [-0.2, 0) is 4.79 Å². The first-order chi connectivity index (χ1) is 15.0. The third kappa shape index (κ3) is 9.37. The van der Waals surface area contributed by atoms with Crippen LogP contribution < -0.4 is 15.5 Å². The van der Waals surface area contributed by atoms with E-state index in [1.165, 1.54) is 62.7 Å². The molecule has 0 fully saturated rings. The highest BCUT2D eigenvalue weighted by molar-refractivity contribution is 5.90. The summed E-state index contributed by atoms with van der Waals surface area (Å²) in [5, 5.41) is 24.5. The second-order valence-corrected chi connectivity index (χ2v) is 8.24. The molecule has 2 unspecified atom stereocenters. The van der Waals surface area contributed by atoms with E-state index in [4.69, 9.17) is 0 Å². The minimum absolute atomic E-state index is 0.0163. The highest BCUT2D eigenvalue weighted by Crippen LogP contribution is 2.24. The molecule has 0 spiro atoms. The largest absolute Gasteiger partial charge is 0.372 e. The van der Waals surface area contributed by atoms with Gasteiger partial charge in [0.05, 0.1) is 0 Å².